The van der Waals surface area contributed by atoms with Crippen LogP contribution >= 0.6 is 0 Å². The number of piperazine rings is 1. The highest BCUT2D eigenvalue weighted by Gasteiger charge is 2.27. The van der Waals surface area contributed by atoms with Crippen molar-refractivity contribution in [3.05, 3.63) is 64.5 Å². The molecule has 7 nitrogen and oxygen atoms in total. The van der Waals surface area contributed by atoms with Gasteiger partial charge in [-0.3, -0.25) is 9.20 Å². The first-order valence-electron chi connectivity index (χ1n) is 10.6. The Labute approximate surface area is 174 Å². The summed E-state index contributed by atoms with van der Waals surface area (Å²) in [6.45, 7) is 5.83. The lowest BCUT2D eigenvalue weighted by Gasteiger charge is -2.29. The molecule has 5 heterocycles. The average molecular weight is 400 g/mol. The summed E-state index contributed by atoms with van der Waals surface area (Å²) in [5, 5.41) is 3.36. The van der Waals surface area contributed by atoms with Crippen molar-refractivity contribution in [2.45, 2.75) is 25.7 Å². The minimum atomic E-state index is -0.0538. The topological polar surface area (TPSA) is 66.9 Å². The maximum Gasteiger partial charge on any atom is 0.258 e. The predicted molar refractivity (Wildman–Crippen MR) is 117 cm³/mol. The van der Waals surface area contributed by atoms with Gasteiger partial charge in [-0.2, -0.15) is 0 Å². The Hall–Kier alpha value is -3.19. The van der Waals surface area contributed by atoms with Crippen LogP contribution < -0.4 is 15.8 Å². The molecule has 4 aromatic rings. The summed E-state index contributed by atoms with van der Waals surface area (Å²) in [5.74, 6) is 0.567. The zero-order valence-corrected chi connectivity index (χ0v) is 17.0. The fraction of sp³-hybridized carbons (Fsp3) is 0.348. The molecule has 0 bridgehead atoms. The molecule has 4 aromatic heterocycles. The average Bonchev–Trinajstić information content (AvgIpc) is 3.54. The highest BCUT2D eigenvalue weighted by Crippen LogP contribution is 2.42. The van der Waals surface area contributed by atoms with Crippen LogP contribution in [0.5, 0.6) is 0 Å². The van der Waals surface area contributed by atoms with Gasteiger partial charge >= 0.3 is 0 Å². The number of fused-ring (bicyclic) bond motifs is 2. The molecule has 1 N–H and O–H groups in total. The number of anilines is 1. The van der Waals surface area contributed by atoms with Crippen LogP contribution in [-0.2, 0) is 0 Å². The maximum atomic E-state index is 13.0. The Morgan fingerprint density at radius 2 is 1.87 bits per heavy atom. The highest BCUT2D eigenvalue weighted by molar-refractivity contribution is 5.67. The number of imidazole rings is 1. The molecule has 30 heavy (non-hydrogen) atoms. The van der Waals surface area contributed by atoms with Crippen LogP contribution in [0.2, 0.25) is 0 Å². The van der Waals surface area contributed by atoms with E-state index in [4.69, 9.17) is 9.97 Å². The number of rotatable bonds is 3. The maximum absolute atomic E-state index is 13.0. The van der Waals surface area contributed by atoms with Gasteiger partial charge in [0.25, 0.3) is 5.56 Å². The molecule has 1 aliphatic heterocycles. The highest BCUT2D eigenvalue weighted by atomic mass is 16.1. The first kappa shape index (κ1) is 17.7. The number of aryl methyl sites for hydroxylation is 1. The van der Waals surface area contributed by atoms with Crippen molar-refractivity contribution in [1.82, 2.24) is 24.1 Å². The Kier molecular flexibility index (Phi) is 3.92. The second-order valence-electron chi connectivity index (χ2n) is 8.40. The smallest absolute Gasteiger partial charge is 0.258 e. The monoisotopic (exact) mass is 400 g/mol. The van der Waals surface area contributed by atoms with E-state index in [9.17, 15) is 4.79 Å². The normalized spacial score (nSPS) is 17.2. The van der Waals surface area contributed by atoms with Gasteiger partial charge in [0.2, 0.25) is 0 Å². The molecule has 0 unspecified atom stereocenters. The number of nitrogens with one attached hydrogen (secondary N) is 1. The zero-order valence-electron chi connectivity index (χ0n) is 17.0. The van der Waals surface area contributed by atoms with Crippen LogP contribution in [0.4, 0.5) is 5.69 Å². The summed E-state index contributed by atoms with van der Waals surface area (Å²) < 4.78 is 3.73. The van der Waals surface area contributed by atoms with Crippen molar-refractivity contribution >= 4 is 17.0 Å². The minimum absolute atomic E-state index is 0.0538. The molecule has 2 aliphatic rings. The summed E-state index contributed by atoms with van der Waals surface area (Å²) in [6, 6.07) is 7.84. The molecule has 0 spiro atoms. The molecule has 0 amide bonds. The number of pyridine rings is 2. The lowest BCUT2D eigenvalue weighted by molar-refractivity contribution is 0.588. The van der Waals surface area contributed by atoms with Crippen molar-refractivity contribution in [1.29, 1.82) is 0 Å². The standard InChI is InChI=1S/C23H24N6O/c1-15-12-28-13-17(10-19(16-2-3-16)23(28)25-15)20-11-22(30)29-14-18(4-5-21(29)26-20)27-8-6-24-7-9-27/h4-5,10-14,16,24H,2-3,6-9H2,1H3. The molecule has 1 aliphatic carbocycles. The molecule has 6 rings (SSSR count). The van der Waals surface area contributed by atoms with Gasteiger partial charge in [-0.25, -0.2) is 9.97 Å². The van der Waals surface area contributed by atoms with E-state index in [1.807, 2.05) is 31.6 Å². The Morgan fingerprint density at radius 1 is 1.03 bits per heavy atom. The van der Waals surface area contributed by atoms with Crippen LogP contribution in [-0.4, -0.2) is 44.9 Å². The van der Waals surface area contributed by atoms with Crippen LogP contribution in [0.25, 0.3) is 22.6 Å². The zero-order chi connectivity index (χ0) is 20.2. The van der Waals surface area contributed by atoms with E-state index in [0.29, 0.717) is 17.3 Å². The molecule has 0 atom stereocenters. The van der Waals surface area contributed by atoms with Crippen LogP contribution in [0, 0.1) is 6.92 Å². The van der Waals surface area contributed by atoms with Crippen molar-refractivity contribution in [3.8, 4) is 11.3 Å². The minimum Gasteiger partial charge on any atom is -0.368 e. The Bertz CT molecular complexity index is 1330. The van der Waals surface area contributed by atoms with E-state index in [0.717, 1.165) is 48.8 Å². The van der Waals surface area contributed by atoms with Gasteiger partial charge in [0.15, 0.2) is 0 Å². The third-order valence-electron chi connectivity index (χ3n) is 6.14. The molecular weight excluding hydrogens is 376 g/mol. The second-order valence-corrected chi connectivity index (χ2v) is 8.40. The lowest BCUT2D eigenvalue weighted by atomic mass is 10.1. The quantitative estimate of drug-likeness (QED) is 0.573. The van der Waals surface area contributed by atoms with Gasteiger partial charge in [0, 0.05) is 56.4 Å². The molecule has 0 radical (unpaired) electrons. The molecule has 7 heteroatoms. The van der Waals surface area contributed by atoms with Crippen molar-refractivity contribution in [3.63, 3.8) is 0 Å². The molecule has 2 fully saturated rings. The first-order valence-corrected chi connectivity index (χ1v) is 10.6. The van der Waals surface area contributed by atoms with Gasteiger partial charge in [0.05, 0.1) is 17.1 Å². The van der Waals surface area contributed by atoms with Crippen molar-refractivity contribution in [2.24, 2.45) is 0 Å². The van der Waals surface area contributed by atoms with E-state index in [1.54, 1.807) is 10.5 Å². The van der Waals surface area contributed by atoms with E-state index in [2.05, 4.69) is 26.8 Å². The third kappa shape index (κ3) is 2.97. The molecule has 1 saturated heterocycles. The van der Waals surface area contributed by atoms with Crippen molar-refractivity contribution in [2.75, 3.05) is 31.1 Å². The van der Waals surface area contributed by atoms with Gasteiger partial charge in [-0.05, 0) is 49.4 Å². The van der Waals surface area contributed by atoms with E-state index in [1.165, 1.54) is 18.4 Å². The molecule has 152 valence electrons. The Balaban J connectivity index is 1.46. The van der Waals surface area contributed by atoms with Gasteiger partial charge < -0.3 is 14.6 Å². The summed E-state index contributed by atoms with van der Waals surface area (Å²) in [7, 11) is 0. The van der Waals surface area contributed by atoms with Crippen LogP contribution in [0.3, 0.4) is 0 Å². The van der Waals surface area contributed by atoms with Gasteiger partial charge in [-0.1, -0.05) is 0 Å². The second kappa shape index (κ2) is 6.67. The number of aromatic nitrogens is 4. The molecular formula is C23H24N6O. The van der Waals surface area contributed by atoms with Crippen molar-refractivity contribution < 1.29 is 0 Å². The third-order valence-corrected chi connectivity index (χ3v) is 6.14. The van der Waals surface area contributed by atoms with Gasteiger partial charge in [-0.15, -0.1) is 0 Å². The Morgan fingerprint density at radius 3 is 2.67 bits per heavy atom. The molecule has 0 aromatic carbocycles. The van der Waals surface area contributed by atoms with Gasteiger partial charge in [0.1, 0.15) is 11.3 Å². The first-order chi connectivity index (χ1) is 14.7. The lowest BCUT2D eigenvalue weighted by Crippen LogP contribution is -2.43. The van der Waals surface area contributed by atoms with E-state index >= 15 is 0 Å². The summed E-state index contributed by atoms with van der Waals surface area (Å²) in [5.41, 5.74) is 6.65. The fourth-order valence-corrected chi connectivity index (χ4v) is 4.43. The van der Waals surface area contributed by atoms with Crippen LogP contribution in [0.1, 0.15) is 30.0 Å². The SMILES string of the molecule is Cc1cn2cc(-c3cc(=O)n4cc(N5CCNCC5)ccc4n3)cc(C3CC3)c2n1. The van der Waals surface area contributed by atoms with E-state index in [-0.39, 0.29) is 5.56 Å². The largest absolute Gasteiger partial charge is 0.368 e. The number of nitrogens with zero attached hydrogens (tertiary/aromatic N) is 5. The number of hydrogen-bond acceptors (Lipinski definition) is 5. The molecule has 1 saturated carbocycles. The summed E-state index contributed by atoms with van der Waals surface area (Å²) in [6.07, 6.45) is 8.39. The fourth-order valence-electron chi connectivity index (χ4n) is 4.43. The van der Waals surface area contributed by atoms with Crippen LogP contribution in [0.15, 0.2) is 47.7 Å². The summed E-state index contributed by atoms with van der Waals surface area (Å²) >= 11 is 0. The summed E-state index contributed by atoms with van der Waals surface area (Å²) in [4.78, 5) is 24.8. The van der Waals surface area contributed by atoms with E-state index < -0.39 is 0 Å². The predicted octanol–water partition coefficient (Wildman–Crippen LogP) is 2.60. The number of hydrogen-bond donors (Lipinski definition) is 1.